The van der Waals surface area contributed by atoms with Gasteiger partial charge in [0.25, 0.3) is 0 Å². The van der Waals surface area contributed by atoms with Crippen molar-refractivity contribution in [2.24, 2.45) is 5.73 Å². The molecule has 112 valence electrons. The van der Waals surface area contributed by atoms with E-state index in [9.17, 15) is 0 Å². The van der Waals surface area contributed by atoms with Gasteiger partial charge in [0.15, 0.2) is 0 Å². The van der Waals surface area contributed by atoms with Crippen molar-refractivity contribution < 1.29 is 4.74 Å². The average molecular weight is 277 g/mol. The Morgan fingerprint density at radius 2 is 2.15 bits per heavy atom. The number of ether oxygens (including phenoxy) is 1. The molecule has 2 atom stereocenters. The Bertz CT molecular complexity index is 406. The summed E-state index contributed by atoms with van der Waals surface area (Å²) in [5, 5.41) is 3.38. The van der Waals surface area contributed by atoms with E-state index in [0.29, 0.717) is 0 Å². The predicted octanol–water partition coefficient (Wildman–Crippen LogP) is 1.39. The van der Waals surface area contributed by atoms with Gasteiger partial charge in [-0.15, -0.1) is 0 Å². The van der Waals surface area contributed by atoms with Crippen LogP contribution in [0, 0.1) is 0 Å². The largest absolute Gasteiger partial charge is 0.373 e. The first-order chi connectivity index (χ1) is 9.69. The van der Waals surface area contributed by atoms with E-state index in [1.54, 1.807) is 0 Å². The van der Waals surface area contributed by atoms with E-state index >= 15 is 0 Å². The summed E-state index contributed by atoms with van der Waals surface area (Å²) in [7, 11) is 0. The van der Waals surface area contributed by atoms with E-state index < -0.39 is 0 Å². The maximum atomic E-state index is 6.61. The van der Waals surface area contributed by atoms with Crippen LogP contribution >= 0.6 is 0 Å². The van der Waals surface area contributed by atoms with Crippen LogP contribution in [0.1, 0.15) is 32.6 Å². The molecule has 3 N–H and O–H groups in total. The van der Waals surface area contributed by atoms with Gasteiger partial charge in [0, 0.05) is 31.9 Å². The Labute approximate surface area is 122 Å². The predicted molar refractivity (Wildman–Crippen MR) is 81.4 cm³/mol. The summed E-state index contributed by atoms with van der Waals surface area (Å²) in [6.45, 7) is 7.16. The Morgan fingerprint density at radius 3 is 2.80 bits per heavy atom. The molecule has 2 fully saturated rings. The molecule has 0 amide bonds. The highest BCUT2D eigenvalue weighted by Gasteiger charge is 2.37. The molecule has 2 unspecified atom stereocenters. The Balaban J connectivity index is 1.72. The van der Waals surface area contributed by atoms with Crippen LogP contribution in [0.15, 0.2) is 23.4 Å². The molecule has 3 rings (SSSR count). The molecule has 4 nitrogen and oxygen atoms in total. The minimum atomic E-state index is -0.350. The van der Waals surface area contributed by atoms with Crippen LogP contribution in [0.25, 0.3) is 0 Å². The van der Waals surface area contributed by atoms with Crippen LogP contribution in [-0.2, 0) is 4.74 Å². The third-order valence-electron chi connectivity index (χ3n) is 4.78. The minimum Gasteiger partial charge on any atom is -0.373 e. The molecule has 0 radical (unpaired) electrons. The van der Waals surface area contributed by atoms with Crippen molar-refractivity contribution in [3.63, 3.8) is 0 Å². The van der Waals surface area contributed by atoms with Gasteiger partial charge in [-0.05, 0) is 44.3 Å². The molecule has 20 heavy (non-hydrogen) atoms. The van der Waals surface area contributed by atoms with Gasteiger partial charge in [-0.2, -0.15) is 0 Å². The zero-order valence-electron chi connectivity index (χ0n) is 12.5. The lowest BCUT2D eigenvalue weighted by atomic mass is 9.81. The molecular weight excluding hydrogens is 250 g/mol. The Morgan fingerprint density at radius 1 is 1.35 bits per heavy atom. The third kappa shape index (κ3) is 2.78. The van der Waals surface area contributed by atoms with Gasteiger partial charge in [0.1, 0.15) is 0 Å². The van der Waals surface area contributed by atoms with Gasteiger partial charge in [-0.3, -0.25) is 0 Å². The van der Waals surface area contributed by atoms with E-state index in [0.717, 1.165) is 26.1 Å². The first-order valence-electron chi connectivity index (χ1n) is 7.94. The van der Waals surface area contributed by atoms with Crippen molar-refractivity contribution in [2.45, 2.75) is 44.2 Å². The summed E-state index contributed by atoms with van der Waals surface area (Å²) < 4.78 is 5.87. The smallest absolute Gasteiger partial charge is 0.0918 e. The highest BCUT2D eigenvalue weighted by molar-refractivity contribution is 5.35. The fraction of sp³-hybridized carbons (Fsp3) is 0.750. The van der Waals surface area contributed by atoms with Crippen LogP contribution in [-0.4, -0.2) is 49.3 Å². The van der Waals surface area contributed by atoms with Crippen molar-refractivity contribution in [3.05, 3.63) is 23.4 Å². The summed E-state index contributed by atoms with van der Waals surface area (Å²) >= 11 is 0. The van der Waals surface area contributed by atoms with Crippen LogP contribution in [0.3, 0.4) is 0 Å². The zero-order valence-corrected chi connectivity index (χ0v) is 12.5. The summed E-state index contributed by atoms with van der Waals surface area (Å²) in [6.07, 6.45) is 9.41. The lowest BCUT2D eigenvalue weighted by molar-refractivity contribution is -0.00802. The number of nitrogens with zero attached hydrogens (tertiary/aromatic N) is 1. The van der Waals surface area contributed by atoms with Crippen molar-refractivity contribution in [1.29, 1.82) is 0 Å². The topological polar surface area (TPSA) is 50.5 Å². The molecule has 0 aromatic carbocycles. The van der Waals surface area contributed by atoms with Gasteiger partial charge in [-0.1, -0.05) is 6.08 Å². The van der Waals surface area contributed by atoms with E-state index in [2.05, 4.69) is 29.3 Å². The van der Waals surface area contributed by atoms with E-state index in [-0.39, 0.29) is 11.6 Å². The van der Waals surface area contributed by atoms with Gasteiger partial charge in [-0.25, -0.2) is 0 Å². The molecule has 2 heterocycles. The summed E-state index contributed by atoms with van der Waals surface area (Å²) in [5.74, 6) is 0. The second-order valence-corrected chi connectivity index (χ2v) is 6.40. The molecule has 0 aromatic heterocycles. The molecule has 3 aliphatic rings. The first-order valence-corrected chi connectivity index (χ1v) is 7.94. The van der Waals surface area contributed by atoms with Crippen molar-refractivity contribution in [3.8, 4) is 0 Å². The lowest BCUT2D eigenvalue weighted by Gasteiger charge is -2.42. The van der Waals surface area contributed by atoms with E-state index in [1.807, 2.05) is 0 Å². The van der Waals surface area contributed by atoms with Crippen molar-refractivity contribution in [2.75, 3.05) is 32.8 Å². The highest BCUT2D eigenvalue weighted by Crippen LogP contribution is 2.32. The minimum absolute atomic E-state index is 0.0883. The number of morpholine rings is 1. The number of nitrogens with one attached hydrogen (secondary N) is 1. The molecular formula is C16H27N3O. The number of hydrogen-bond acceptors (Lipinski definition) is 4. The molecule has 0 aromatic rings. The van der Waals surface area contributed by atoms with Gasteiger partial charge in [0.2, 0.25) is 0 Å². The van der Waals surface area contributed by atoms with Crippen molar-refractivity contribution in [1.82, 2.24) is 10.2 Å². The van der Waals surface area contributed by atoms with Crippen molar-refractivity contribution >= 4 is 0 Å². The standard InChI is InChI=1S/C16H27N3O/c1-13-11-16(17,15-12-18-7-10-20-15)6-5-14(13)19-8-3-2-4-9-19/h5-6,15,18H,2-4,7-12,17H2,1H3. The number of piperidine rings is 1. The van der Waals surface area contributed by atoms with E-state index in [1.165, 1.54) is 43.6 Å². The number of allylic oxidation sites excluding steroid dienone is 1. The Kier molecular flexibility index (Phi) is 4.15. The van der Waals surface area contributed by atoms with Crippen LogP contribution in [0.5, 0.6) is 0 Å². The average Bonchev–Trinajstić information content (AvgIpc) is 2.49. The van der Waals surface area contributed by atoms with Gasteiger partial charge < -0.3 is 20.7 Å². The SMILES string of the molecule is CC1=C(N2CCCCC2)C=CC(N)(C2CNCCO2)C1. The third-order valence-corrected chi connectivity index (χ3v) is 4.78. The van der Waals surface area contributed by atoms with Crippen LogP contribution in [0.4, 0.5) is 0 Å². The molecule has 0 spiro atoms. The number of likely N-dealkylation sites (tertiary alicyclic amines) is 1. The molecule has 2 saturated heterocycles. The fourth-order valence-corrected chi connectivity index (χ4v) is 3.63. The lowest BCUT2D eigenvalue weighted by Crippen LogP contribution is -2.58. The fourth-order valence-electron chi connectivity index (χ4n) is 3.63. The molecule has 0 saturated carbocycles. The highest BCUT2D eigenvalue weighted by atomic mass is 16.5. The molecule has 2 aliphatic heterocycles. The number of nitrogens with two attached hydrogens (primary N) is 1. The quantitative estimate of drug-likeness (QED) is 0.801. The number of hydrogen-bond donors (Lipinski definition) is 2. The second kappa shape index (κ2) is 5.88. The Hall–Kier alpha value is -0.840. The normalized spacial score (nSPS) is 35.5. The number of rotatable bonds is 2. The van der Waals surface area contributed by atoms with E-state index in [4.69, 9.17) is 10.5 Å². The monoisotopic (exact) mass is 277 g/mol. The molecule has 1 aliphatic carbocycles. The van der Waals surface area contributed by atoms with Gasteiger partial charge in [0.05, 0.1) is 18.2 Å². The summed E-state index contributed by atoms with van der Waals surface area (Å²) in [6, 6.07) is 0. The molecule has 0 bridgehead atoms. The first kappa shape index (κ1) is 14.1. The molecule has 4 heteroatoms. The maximum Gasteiger partial charge on any atom is 0.0918 e. The zero-order chi connectivity index (χ0) is 14.0. The maximum absolute atomic E-state index is 6.61. The van der Waals surface area contributed by atoms with Crippen LogP contribution < -0.4 is 11.1 Å². The summed E-state index contributed by atoms with van der Waals surface area (Å²) in [4.78, 5) is 2.52. The van der Waals surface area contributed by atoms with Gasteiger partial charge >= 0.3 is 0 Å². The van der Waals surface area contributed by atoms with Crippen LogP contribution in [0.2, 0.25) is 0 Å². The summed E-state index contributed by atoms with van der Waals surface area (Å²) in [5.41, 5.74) is 9.07. The second-order valence-electron chi connectivity index (χ2n) is 6.40.